The number of hydrogen-bond acceptors (Lipinski definition) is 3. The number of nitrogens with zero attached hydrogens (tertiary/aromatic N) is 2. The molecule has 116 valence electrons. The van der Waals surface area contributed by atoms with Gasteiger partial charge in [0.05, 0.1) is 10.6 Å². The van der Waals surface area contributed by atoms with Crippen molar-refractivity contribution in [2.75, 3.05) is 23.3 Å². The summed E-state index contributed by atoms with van der Waals surface area (Å²) in [5.74, 6) is -0.276. The lowest BCUT2D eigenvalue weighted by Crippen LogP contribution is -2.21. The molecule has 6 heteroatoms. The number of anilines is 2. The molecule has 0 aliphatic heterocycles. The molecule has 4 nitrogen and oxygen atoms in total. The molecule has 2 aromatic rings. The smallest absolute Gasteiger partial charge is 0.257 e. The van der Waals surface area contributed by atoms with E-state index in [0.29, 0.717) is 11.3 Å². The zero-order valence-corrected chi connectivity index (χ0v) is 13.9. The van der Waals surface area contributed by atoms with Crippen LogP contribution in [-0.4, -0.2) is 24.0 Å². The van der Waals surface area contributed by atoms with Crippen LogP contribution < -0.4 is 10.2 Å². The van der Waals surface area contributed by atoms with Crippen LogP contribution in [0.2, 0.25) is 10.2 Å². The van der Waals surface area contributed by atoms with Crippen molar-refractivity contribution in [1.82, 2.24) is 4.98 Å². The monoisotopic (exact) mass is 337 g/mol. The summed E-state index contributed by atoms with van der Waals surface area (Å²) in [4.78, 5) is 18.2. The quantitative estimate of drug-likeness (QED) is 0.817. The molecule has 22 heavy (non-hydrogen) atoms. The second-order valence-electron chi connectivity index (χ2n) is 4.67. The first-order valence-corrected chi connectivity index (χ1v) is 7.78. The largest absolute Gasteiger partial charge is 0.372 e. The zero-order chi connectivity index (χ0) is 16.1. The summed E-state index contributed by atoms with van der Waals surface area (Å²) >= 11 is 11.6. The lowest BCUT2D eigenvalue weighted by atomic mass is 10.2. The van der Waals surface area contributed by atoms with Gasteiger partial charge >= 0.3 is 0 Å². The lowest BCUT2D eigenvalue weighted by molar-refractivity contribution is 0.102. The van der Waals surface area contributed by atoms with Crippen molar-refractivity contribution in [3.8, 4) is 0 Å². The van der Waals surface area contributed by atoms with E-state index in [9.17, 15) is 4.79 Å². The molecule has 0 atom stereocenters. The van der Waals surface area contributed by atoms with Crippen LogP contribution >= 0.6 is 23.2 Å². The Morgan fingerprint density at radius 3 is 2.36 bits per heavy atom. The summed E-state index contributed by atoms with van der Waals surface area (Å²) in [5, 5.41) is 3.25. The Morgan fingerprint density at radius 1 is 1.18 bits per heavy atom. The van der Waals surface area contributed by atoms with Gasteiger partial charge in [0.2, 0.25) is 0 Å². The Bertz CT molecular complexity index is 655. The second kappa shape index (κ2) is 7.47. The Morgan fingerprint density at radius 2 is 1.82 bits per heavy atom. The van der Waals surface area contributed by atoms with Gasteiger partial charge in [-0.25, -0.2) is 4.98 Å². The Hall–Kier alpha value is -1.78. The highest BCUT2D eigenvalue weighted by atomic mass is 35.5. The van der Waals surface area contributed by atoms with Crippen molar-refractivity contribution >= 4 is 40.5 Å². The van der Waals surface area contributed by atoms with E-state index in [0.717, 1.165) is 18.8 Å². The van der Waals surface area contributed by atoms with Gasteiger partial charge in [-0.2, -0.15) is 0 Å². The second-order valence-corrected chi connectivity index (χ2v) is 5.44. The lowest BCUT2D eigenvalue weighted by Gasteiger charge is -2.21. The average molecular weight is 338 g/mol. The minimum absolute atomic E-state index is 0.182. The predicted molar refractivity (Wildman–Crippen MR) is 92.2 cm³/mol. The number of rotatable bonds is 5. The predicted octanol–water partition coefficient (Wildman–Crippen LogP) is 4.49. The molecule has 0 unspecified atom stereocenters. The third-order valence-corrected chi connectivity index (χ3v) is 4.00. The Kier molecular flexibility index (Phi) is 5.63. The van der Waals surface area contributed by atoms with E-state index < -0.39 is 0 Å². The summed E-state index contributed by atoms with van der Waals surface area (Å²) < 4.78 is 0. The molecule has 0 aliphatic rings. The van der Waals surface area contributed by atoms with Crippen LogP contribution in [0.3, 0.4) is 0 Å². The molecule has 1 N–H and O–H groups in total. The van der Waals surface area contributed by atoms with Crippen molar-refractivity contribution in [2.45, 2.75) is 13.8 Å². The Labute approximate surface area is 140 Å². The minimum atomic E-state index is -0.276. The fraction of sp³-hybridized carbons (Fsp3) is 0.250. The third kappa shape index (κ3) is 3.90. The fourth-order valence-corrected chi connectivity index (χ4v) is 2.36. The number of carbonyl (C=O) groups is 1. The van der Waals surface area contributed by atoms with E-state index >= 15 is 0 Å². The SMILES string of the molecule is CCN(CC)c1ccc(NC(=O)c2cnc(Cl)c(Cl)c2)cc1. The average Bonchev–Trinajstić information content (AvgIpc) is 2.52. The molecule has 0 fully saturated rings. The van der Waals surface area contributed by atoms with Gasteiger partial charge < -0.3 is 10.2 Å². The van der Waals surface area contributed by atoms with Crippen molar-refractivity contribution in [1.29, 1.82) is 0 Å². The summed E-state index contributed by atoms with van der Waals surface area (Å²) in [6.45, 7) is 6.10. The first-order valence-electron chi connectivity index (χ1n) is 7.02. The first kappa shape index (κ1) is 16.6. The Balaban J connectivity index is 2.10. The van der Waals surface area contributed by atoms with E-state index in [2.05, 4.69) is 29.0 Å². The summed E-state index contributed by atoms with van der Waals surface area (Å²) in [6, 6.07) is 9.20. The number of pyridine rings is 1. The van der Waals surface area contributed by atoms with E-state index in [1.165, 1.54) is 12.3 Å². The number of carbonyl (C=O) groups excluding carboxylic acids is 1. The molecule has 0 bridgehead atoms. The highest BCUT2D eigenvalue weighted by molar-refractivity contribution is 6.41. The third-order valence-electron chi connectivity index (χ3n) is 3.31. The summed E-state index contributed by atoms with van der Waals surface area (Å²) in [5.41, 5.74) is 2.20. The molecule has 0 saturated heterocycles. The maximum atomic E-state index is 12.1. The van der Waals surface area contributed by atoms with Crippen LogP contribution in [0.1, 0.15) is 24.2 Å². The van der Waals surface area contributed by atoms with Crippen molar-refractivity contribution < 1.29 is 4.79 Å². The number of halogens is 2. The molecule has 0 radical (unpaired) electrons. The van der Waals surface area contributed by atoms with Gasteiger partial charge in [0.1, 0.15) is 5.15 Å². The van der Waals surface area contributed by atoms with Crippen molar-refractivity contribution in [2.24, 2.45) is 0 Å². The van der Waals surface area contributed by atoms with E-state index in [-0.39, 0.29) is 16.1 Å². The molecule has 0 spiro atoms. The minimum Gasteiger partial charge on any atom is -0.372 e. The number of nitrogens with one attached hydrogen (secondary N) is 1. The van der Waals surface area contributed by atoms with Crippen LogP contribution in [-0.2, 0) is 0 Å². The first-order chi connectivity index (χ1) is 10.5. The van der Waals surface area contributed by atoms with Gasteiger partial charge in [-0.15, -0.1) is 0 Å². The molecule has 1 aromatic carbocycles. The maximum absolute atomic E-state index is 12.1. The zero-order valence-electron chi connectivity index (χ0n) is 12.4. The molecular formula is C16H17Cl2N3O. The van der Waals surface area contributed by atoms with Gasteiger partial charge in [0.15, 0.2) is 0 Å². The molecule has 1 heterocycles. The molecular weight excluding hydrogens is 321 g/mol. The van der Waals surface area contributed by atoms with Crippen molar-refractivity contribution in [3.05, 3.63) is 52.3 Å². The number of aromatic nitrogens is 1. The maximum Gasteiger partial charge on any atom is 0.257 e. The van der Waals surface area contributed by atoms with Gasteiger partial charge in [0.25, 0.3) is 5.91 Å². The van der Waals surface area contributed by atoms with Gasteiger partial charge in [-0.1, -0.05) is 23.2 Å². The molecule has 1 aromatic heterocycles. The summed E-state index contributed by atoms with van der Waals surface area (Å²) in [7, 11) is 0. The molecule has 2 rings (SSSR count). The number of hydrogen-bond donors (Lipinski definition) is 1. The van der Waals surface area contributed by atoms with Crippen LogP contribution in [0, 0.1) is 0 Å². The molecule has 0 saturated carbocycles. The van der Waals surface area contributed by atoms with E-state index in [1.807, 2.05) is 24.3 Å². The topological polar surface area (TPSA) is 45.2 Å². The van der Waals surface area contributed by atoms with E-state index in [1.54, 1.807) is 0 Å². The van der Waals surface area contributed by atoms with Crippen LogP contribution in [0.5, 0.6) is 0 Å². The van der Waals surface area contributed by atoms with Crippen LogP contribution in [0.15, 0.2) is 36.5 Å². The molecule has 1 amide bonds. The standard InChI is InChI=1S/C16H17Cl2N3O/c1-3-21(4-2)13-7-5-12(6-8-13)20-16(22)11-9-14(17)15(18)19-10-11/h5-10H,3-4H2,1-2H3,(H,20,22). The van der Waals surface area contributed by atoms with Crippen LogP contribution in [0.4, 0.5) is 11.4 Å². The summed E-state index contributed by atoms with van der Waals surface area (Å²) in [6.07, 6.45) is 1.40. The van der Waals surface area contributed by atoms with Gasteiger partial charge in [-0.05, 0) is 44.2 Å². The van der Waals surface area contributed by atoms with E-state index in [4.69, 9.17) is 23.2 Å². The molecule has 0 aliphatic carbocycles. The number of benzene rings is 1. The number of amides is 1. The van der Waals surface area contributed by atoms with Crippen LogP contribution in [0.25, 0.3) is 0 Å². The van der Waals surface area contributed by atoms with Crippen molar-refractivity contribution in [3.63, 3.8) is 0 Å². The van der Waals surface area contributed by atoms with Gasteiger partial charge in [0, 0.05) is 30.7 Å². The normalized spacial score (nSPS) is 10.4. The fourth-order valence-electron chi connectivity index (χ4n) is 2.09. The highest BCUT2D eigenvalue weighted by Gasteiger charge is 2.10. The highest BCUT2D eigenvalue weighted by Crippen LogP contribution is 2.21. The van der Waals surface area contributed by atoms with Gasteiger partial charge in [-0.3, -0.25) is 4.79 Å².